The number of rotatable bonds is 3. The van der Waals surface area contributed by atoms with E-state index in [-0.39, 0.29) is 17.2 Å². The lowest BCUT2D eigenvalue weighted by atomic mass is 9.74. The molecule has 0 unspecified atom stereocenters. The number of amides is 1. The first-order valence-corrected chi connectivity index (χ1v) is 7.91. The van der Waals surface area contributed by atoms with Gasteiger partial charge in [-0.3, -0.25) is 4.79 Å². The molecule has 2 aliphatic rings. The molecule has 21 heavy (non-hydrogen) atoms. The van der Waals surface area contributed by atoms with Gasteiger partial charge in [0.2, 0.25) is 5.91 Å². The molecule has 6 nitrogen and oxygen atoms in total. The van der Waals surface area contributed by atoms with Gasteiger partial charge in [-0.15, -0.1) is 0 Å². The molecular formula is C15H28N4O2. The van der Waals surface area contributed by atoms with Crippen molar-refractivity contribution in [2.75, 3.05) is 20.1 Å². The molecule has 0 spiro atoms. The van der Waals surface area contributed by atoms with Gasteiger partial charge in [-0.2, -0.15) is 0 Å². The van der Waals surface area contributed by atoms with Gasteiger partial charge in [-0.25, -0.2) is 0 Å². The zero-order valence-electron chi connectivity index (χ0n) is 13.2. The number of oxime groups is 1. The maximum absolute atomic E-state index is 12.8. The van der Waals surface area contributed by atoms with Crippen molar-refractivity contribution >= 4 is 11.7 Å². The normalized spacial score (nSPS) is 26.3. The second kappa shape index (κ2) is 6.22. The number of nitrogens with one attached hydrogen (secondary N) is 1. The Kier molecular flexibility index (Phi) is 4.76. The Hall–Kier alpha value is -1.30. The molecule has 1 amide bonds. The Labute approximate surface area is 126 Å². The average Bonchev–Trinajstić information content (AvgIpc) is 2.49. The minimum atomic E-state index is -0.696. The van der Waals surface area contributed by atoms with Gasteiger partial charge in [0.1, 0.15) is 5.54 Å². The van der Waals surface area contributed by atoms with Crippen LogP contribution in [0.25, 0.3) is 0 Å². The standard InChI is InChI=1S/C15H28N4O2/c1-14(6-4-3-5-7-14)13(20)17-15(12(16)18-21)8-10-19(2)11-9-15/h21H,3-11H2,1-2H3,(H2,16,18)(H,17,20). The molecular weight excluding hydrogens is 268 g/mol. The SMILES string of the molecule is CN1CCC(NC(=O)C2(C)CCCCC2)(C(N)=NO)CC1. The van der Waals surface area contributed by atoms with Crippen LogP contribution in [-0.2, 0) is 4.79 Å². The topological polar surface area (TPSA) is 91.0 Å². The Morgan fingerprint density at radius 2 is 1.76 bits per heavy atom. The summed E-state index contributed by atoms with van der Waals surface area (Å²) in [6, 6.07) is 0. The van der Waals surface area contributed by atoms with Gasteiger partial charge in [0.05, 0.1) is 0 Å². The molecule has 1 aliphatic carbocycles. The van der Waals surface area contributed by atoms with E-state index in [0.29, 0.717) is 12.8 Å². The molecule has 0 aromatic carbocycles. The quantitative estimate of drug-likeness (QED) is 0.317. The lowest BCUT2D eigenvalue weighted by molar-refractivity contribution is -0.133. The molecule has 1 saturated heterocycles. The molecule has 6 heteroatoms. The third-order valence-corrected chi connectivity index (χ3v) is 5.30. The van der Waals surface area contributed by atoms with Crippen molar-refractivity contribution in [1.82, 2.24) is 10.2 Å². The van der Waals surface area contributed by atoms with E-state index in [1.54, 1.807) is 0 Å². The Bertz CT molecular complexity index is 408. The number of piperidine rings is 1. The van der Waals surface area contributed by atoms with Gasteiger partial charge in [0, 0.05) is 18.5 Å². The van der Waals surface area contributed by atoms with Crippen molar-refractivity contribution < 1.29 is 10.0 Å². The van der Waals surface area contributed by atoms with Crippen molar-refractivity contribution in [3.8, 4) is 0 Å². The van der Waals surface area contributed by atoms with Crippen molar-refractivity contribution in [2.45, 2.75) is 57.4 Å². The van der Waals surface area contributed by atoms with E-state index in [1.807, 2.05) is 14.0 Å². The minimum Gasteiger partial charge on any atom is -0.409 e. The molecule has 0 radical (unpaired) electrons. The van der Waals surface area contributed by atoms with Crippen LogP contribution in [0.3, 0.4) is 0 Å². The van der Waals surface area contributed by atoms with Crippen molar-refractivity contribution in [1.29, 1.82) is 0 Å². The van der Waals surface area contributed by atoms with Crippen LogP contribution >= 0.6 is 0 Å². The summed E-state index contributed by atoms with van der Waals surface area (Å²) in [6.45, 7) is 3.69. The number of hydrogen-bond donors (Lipinski definition) is 3. The first-order valence-electron chi connectivity index (χ1n) is 7.91. The number of carbonyl (C=O) groups is 1. The molecule has 2 fully saturated rings. The van der Waals surface area contributed by atoms with E-state index >= 15 is 0 Å². The van der Waals surface area contributed by atoms with E-state index in [1.165, 1.54) is 6.42 Å². The van der Waals surface area contributed by atoms with E-state index in [2.05, 4.69) is 15.4 Å². The number of likely N-dealkylation sites (tertiary alicyclic amines) is 1. The van der Waals surface area contributed by atoms with Crippen LogP contribution in [0, 0.1) is 5.41 Å². The Morgan fingerprint density at radius 3 is 2.29 bits per heavy atom. The monoisotopic (exact) mass is 296 g/mol. The van der Waals surface area contributed by atoms with E-state index in [4.69, 9.17) is 10.9 Å². The molecule has 0 aromatic rings. The molecule has 0 atom stereocenters. The Morgan fingerprint density at radius 1 is 1.19 bits per heavy atom. The van der Waals surface area contributed by atoms with E-state index in [9.17, 15) is 4.79 Å². The third kappa shape index (κ3) is 3.31. The average molecular weight is 296 g/mol. The maximum Gasteiger partial charge on any atom is 0.226 e. The van der Waals surface area contributed by atoms with Gasteiger partial charge < -0.3 is 21.2 Å². The van der Waals surface area contributed by atoms with E-state index in [0.717, 1.165) is 38.8 Å². The van der Waals surface area contributed by atoms with Gasteiger partial charge in [0.25, 0.3) is 0 Å². The smallest absolute Gasteiger partial charge is 0.226 e. The molecule has 1 aliphatic heterocycles. The molecule has 1 saturated carbocycles. The predicted octanol–water partition coefficient (Wildman–Crippen LogP) is 1.28. The largest absolute Gasteiger partial charge is 0.409 e. The molecule has 0 aromatic heterocycles. The second-order valence-corrected chi connectivity index (χ2v) is 6.95. The highest BCUT2D eigenvalue weighted by Gasteiger charge is 2.44. The van der Waals surface area contributed by atoms with Gasteiger partial charge >= 0.3 is 0 Å². The molecule has 2 rings (SSSR count). The fourth-order valence-electron chi connectivity index (χ4n) is 3.47. The lowest BCUT2D eigenvalue weighted by Gasteiger charge is -2.43. The first-order chi connectivity index (χ1) is 9.92. The highest BCUT2D eigenvalue weighted by molar-refractivity contribution is 5.95. The summed E-state index contributed by atoms with van der Waals surface area (Å²) in [5, 5.41) is 15.4. The molecule has 120 valence electrons. The maximum atomic E-state index is 12.8. The second-order valence-electron chi connectivity index (χ2n) is 6.95. The Balaban J connectivity index is 2.13. The molecule has 4 N–H and O–H groups in total. The number of carbonyl (C=O) groups excluding carboxylic acids is 1. The highest BCUT2D eigenvalue weighted by Crippen LogP contribution is 2.37. The summed E-state index contributed by atoms with van der Waals surface area (Å²) in [5.41, 5.74) is 4.91. The molecule has 1 heterocycles. The summed E-state index contributed by atoms with van der Waals surface area (Å²) in [4.78, 5) is 15.0. The zero-order valence-corrected chi connectivity index (χ0v) is 13.2. The summed E-state index contributed by atoms with van der Waals surface area (Å²) in [7, 11) is 2.04. The highest BCUT2D eigenvalue weighted by atomic mass is 16.4. The third-order valence-electron chi connectivity index (χ3n) is 5.30. The van der Waals surface area contributed by atoms with Crippen LogP contribution in [-0.4, -0.2) is 47.5 Å². The van der Waals surface area contributed by atoms with Gasteiger partial charge in [0.15, 0.2) is 5.84 Å². The predicted molar refractivity (Wildman–Crippen MR) is 82.2 cm³/mol. The fourth-order valence-corrected chi connectivity index (χ4v) is 3.47. The van der Waals surface area contributed by atoms with Crippen LogP contribution < -0.4 is 11.1 Å². The van der Waals surface area contributed by atoms with Crippen LogP contribution in [0.5, 0.6) is 0 Å². The lowest BCUT2D eigenvalue weighted by Crippen LogP contribution is -2.64. The summed E-state index contributed by atoms with van der Waals surface area (Å²) in [5.74, 6) is 0.182. The van der Waals surface area contributed by atoms with Gasteiger partial charge in [-0.05, 0) is 32.7 Å². The number of amidine groups is 1. The van der Waals surface area contributed by atoms with E-state index < -0.39 is 5.54 Å². The van der Waals surface area contributed by atoms with Crippen molar-refractivity contribution in [3.63, 3.8) is 0 Å². The summed E-state index contributed by atoms with van der Waals surface area (Å²) < 4.78 is 0. The first kappa shape index (κ1) is 16.1. The minimum absolute atomic E-state index is 0.0540. The van der Waals surface area contributed by atoms with Crippen molar-refractivity contribution in [2.24, 2.45) is 16.3 Å². The summed E-state index contributed by atoms with van der Waals surface area (Å²) >= 11 is 0. The number of nitrogens with two attached hydrogens (primary N) is 1. The zero-order chi connectivity index (χ0) is 15.5. The molecule has 0 bridgehead atoms. The number of nitrogens with zero attached hydrogens (tertiary/aromatic N) is 2. The number of hydrogen-bond acceptors (Lipinski definition) is 4. The van der Waals surface area contributed by atoms with Crippen molar-refractivity contribution in [3.05, 3.63) is 0 Å². The van der Waals surface area contributed by atoms with Crippen LogP contribution in [0.2, 0.25) is 0 Å². The fraction of sp³-hybridized carbons (Fsp3) is 0.867. The van der Waals surface area contributed by atoms with Crippen LogP contribution in [0.1, 0.15) is 51.9 Å². The van der Waals surface area contributed by atoms with Gasteiger partial charge in [-0.1, -0.05) is 31.3 Å². The summed E-state index contributed by atoms with van der Waals surface area (Å²) in [6.07, 6.45) is 6.61. The van der Waals surface area contributed by atoms with Crippen LogP contribution in [0.15, 0.2) is 5.16 Å². The van der Waals surface area contributed by atoms with Crippen LogP contribution in [0.4, 0.5) is 0 Å².